The molecule has 1 aliphatic heterocycles. The average Bonchev–Trinajstić information content (AvgIpc) is 3.28. The zero-order chi connectivity index (χ0) is 25.4. The van der Waals surface area contributed by atoms with Gasteiger partial charge in [-0.25, -0.2) is 17.9 Å². The molecule has 1 N–H and O–H groups in total. The molecule has 1 atom stereocenters. The summed E-state index contributed by atoms with van der Waals surface area (Å²) < 4.78 is 74.1. The second kappa shape index (κ2) is 9.51. The van der Waals surface area contributed by atoms with Crippen molar-refractivity contribution in [2.45, 2.75) is 28.7 Å². The highest BCUT2D eigenvalue weighted by molar-refractivity contribution is 7.99. The Bertz CT molecular complexity index is 1440. The van der Waals surface area contributed by atoms with Crippen LogP contribution in [0.2, 0.25) is 0 Å². The molecule has 0 saturated carbocycles. The van der Waals surface area contributed by atoms with E-state index in [1.165, 1.54) is 35.9 Å². The van der Waals surface area contributed by atoms with Gasteiger partial charge in [0.1, 0.15) is 6.04 Å². The summed E-state index contributed by atoms with van der Waals surface area (Å²) in [7, 11) is -2.79. The molecule has 0 aliphatic carbocycles. The smallest absolute Gasteiger partial charge is 0.416 e. The molecular weight excluding hydrogens is 505 g/mol. The van der Waals surface area contributed by atoms with Crippen LogP contribution in [0, 0.1) is 0 Å². The van der Waals surface area contributed by atoms with Crippen LogP contribution < -0.4 is 10.3 Å². The van der Waals surface area contributed by atoms with Crippen molar-refractivity contribution in [3.63, 3.8) is 0 Å². The minimum Gasteiger partial charge on any atom is -0.467 e. The first kappa shape index (κ1) is 25.0. The lowest BCUT2D eigenvalue weighted by Crippen LogP contribution is -2.31. The molecule has 0 amide bonds. The van der Waals surface area contributed by atoms with Crippen molar-refractivity contribution in [2.75, 3.05) is 12.9 Å². The predicted octanol–water partition coefficient (Wildman–Crippen LogP) is 3.83. The number of aromatic nitrogens is 1. The third-order valence-corrected chi connectivity index (χ3v) is 8.01. The molecule has 0 saturated heterocycles. The summed E-state index contributed by atoms with van der Waals surface area (Å²) in [5.74, 6) is -0.515. The molecule has 35 heavy (non-hydrogen) atoms. The molecule has 12 heteroatoms. The summed E-state index contributed by atoms with van der Waals surface area (Å²) in [5, 5.41) is 0.265. The van der Waals surface area contributed by atoms with E-state index in [1.807, 2.05) is 0 Å². The highest BCUT2D eigenvalue weighted by Gasteiger charge is 2.35. The number of methoxy groups -OCH3 is 1. The van der Waals surface area contributed by atoms with Crippen LogP contribution >= 0.6 is 11.8 Å². The SMILES string of the molecule is COC(=O)[C@@H]1CSc2c(-c3cccc(C(F)(F)F)c3)c(CNS(=O)(=O)c3ccccc3)cc(=O)n21. The topological polar surface area (TPSA) is 94.5 Å². The molecule has 0 spiro atoms. The maximum Gasteiger partial charge on any atom is 0.416 e. The van der Waals surface area contributed by atoms with Crippen molar-refractivity contribution >= 4 is 27.8 Å². The van der Waals surface area contributed by atoms with E-state index in [0.717, 1.165) is 30.0 Å². The summed E-state index contributed by atoms with van der Waals surface area (Å²) in [4.78, 5) is 25.2. The number of fused-ring (bicyclic) bond motifs is 1. The molecule has 2 heterocycles. The first-order valence-electron chi connectivity index (χ1n) is 10.2. The Hall–Kier alpha value is -3.09. The molecule has 0 bridgehead atoms. The fourth-order valence-corrected chi connectivity index (χ4v) is 6.16. The van der Waals surface area contributed by atoms with E-state index in [9.17, 15) is 31.2 Å². The van der Waals surface area contributed by atoms with Gasteiger partial charge in [0.15, 0.2) is 0 Å². The van der Waals surface area contributed by atoms with Crippen LogP contribution in [0.15, 0.2) is 75.4 Å². The zero-order valence-electron chi connectivity index (χ0n) is 18.2. The number of alkyl halides is 3. The van der Waals surface area contributed by atoms with E-state index in [-0.39, 0.29) is 38.9 Å². The van der Waals surface area contributed by atoms with Crippen LogP contribution in [0.25, 0.3) is 11.1 Å². The summed E-state index contributed by atoms with van der Waals surface area (Å²) in [6.45, 7) is -0.352. The van der Waals surface area contributed by atoms with Gasteiger partial charge in [-0.2, -0.15) is 13.2 Å². The van der Waals surface area contributed by atoms with E-state index in [0.29, 0.717) is 0 Å². The lowest BCUT2D eigenvalue weighted by atomic mass is 9.99. The number of ether oxygens (including phenoxy) is 1. The average molecular weight is 525 g/mol. The number of hydrogen-bond acceptors (Lipinski definition) is 6. The Morgan fingerprint density at radius 1 is 1.14 bits per heavy atom. The highest BCUT2D eigenvalue weighted by Crippen LogP contribution is 2.42. The molecule has 1 aliphatic rings. The Balaban J connectivity index is 1.85. The van der Waals surface area contributed by atoms with E-state index >= 15 is 0 Å². The summed E-state index contributed by atoms with van der Waals surface area (Å²) in [6, 6.07) is 12.2. The summed E-state index contributed by atoms with van der Waals surface area (Å²) in [6.07, 6.45) is -4.61. The zero-order valence-corrected chi connectivity index (χ0v) is 19.8. The summed E-state index contributed by atoms with van der Waals surface area (Å²) in [5.41, 5.74) is -0.940. The second-order valence-corrected chi connectivity index (χ2v) is 10.4. The maximum atomic E-state index is 13.4. The highest BCUT2D eigenvalue weighted by atomic mass is 32.2. The number of rotatable bonds is 6. The summed E-state index contributed by atoms with van der Waals surface area (Å²) >= 11 is 1.12. The maximum absolute atomic E-state index is 13.4. The molecule has 4 rings (SSSR count). The number of carbonyl (C=O) groups excluding carboxylic acids is 1. The van der Waals surface area contributed by atoms with Gasteiger partial charge in [-0.3, -0.25) is 9.36 Å². The first-order chi connectivity index (χ1) is 16.5. The number of pyridine rings is 1. The fourth-order valence-electron chi connectivity index (χ4n) is 3.78. The third kappa shape index (κ3) is 5.00. The molecule has 0 unspecified atom stereocenters. The molecule has 1 aromatic heterocycles. The van der Waals surface area contributed by atoms with E-state index in [4.69, 9.17) is 4.74 Å². The van der Waals surface area contributed by atoms with Crippen molar-refractivity contribution in [2.24, 2.45) is 0 Å². The molecule has 0 fully saturated rings. The van der Waals surface area contributed by atoms with Crippen LogP contribution in [0.4, 0.5) is 13.2 Å². The molecule has 0 radical (unpaired) electrons. The first-order valence-corrected chi connectivity index (χ1v) is 12.7. The standard InChI is InChI=1S/C23H19F3N2O5S2/c1-33-22(30)18-13-34-21-20(14-6-5-7-16(10-14)23(24,25)26)15(11-19(29)28(18)21)12-27-35(31,32)17-8-3-2-4-9-17/h2-11,18,27H,12-13H2,1H3/t18-/m0/s1. The fraction of sp³-hybridized carbons (Fsp3) is 0.217. The largest absolute Gasteiger partial charge is 0.467 e. The number of thioether (sulfide) groups is 1. The van der Waals surface area contributed by atoms with Gasteiger partial charge in [-0.15, -0.1) is 11.8 Å². The quantitative estimate of drug-likeness (QED) is 0.493. The molecule has 184 valence electrons. The number of nitrogens with zero attached hydrogens (tertiary/aromatic N) is 1. The van der Waals surface area contributed by atoms with Gasteiger partial charge in [0.25, 0.3) is 5.56 Å². The van der Waals surface area contributed by atoms with E-state index < -0.39 is 39.3 Å². The predicted molar refractivity (Wildman–Crippen MR) is 123 cm³/mol. The van der Waals surface area contributed by atoms with Gasteiger partial charge in [0, 0.05) is 23.9 Å². The van der Waals surface area contributed by atoms with Crippen LogP contribution in [-0.4, -0.2) is 31.8 Å². The van der Waals surface area contributed by atoms with Gasteiger partial charge in [-0.1, -0.05) is 30.3 Å². The number of nitrogens with one attached hydrogen (secondary N) is 1. The Labute approximate surface area is 203 Å². The number of sulfonamides is 1. The van der Waals surface area contributed by atoms with Crippen LogP contribution in [-0.2, 0) is 32.3 Å². The van der Waals surface area contributed by atoms with Gasteiger partial charge < -0.3 is 4.74 Å². The Morgan fingerprint density at radius 2 is 1.86 bits per heavy atom. The van der Waals surface area contributed by atoms with Gasteiger partial charge in [0.2, 0.25) is 10.0 Å². The third-order valence-electron chi connectivity index (χ3n) is 5.44. The Morgan fingerprint density at radius 3 is 2.51 bits per heavy atom. The van der Waals surface area contributed by atoms with Crippen molar-refractivity contribution in [3.8, 4) is 11.1 Å². The molecule has 2 aromatic carbocycles. The van der Waals surface area contributed by atoms with Gasteiger partial charge in [-0.05, 0) is 35.4 Å². The van der Waals surface area contributed by atoms with Crippen molar-refractivity contribution < 1.29 is 31.1 Å². The normalized spacial score (nSPS) is 15.6. The lowest BCUT2D eigenvalue weighted by Gasteiger charge is -2.18. The minimum absolute atomic E-state index is 0.00127. The van der Waals surface area contributed by atoms with Crippen LogP contribution in [0.5, 0.6) is 0 Å². The lowest BCUT2D eigenvalue weighted by molar-refractivity contribution is -0.144. The number of hydrogen-bond donors (Lipinski definition) is 1. The van der Waals surface area contributed by atoms with Gasteiger partial charge >= 0.3 is 12.1 Å². The van der Waals surface area contributed by atoms with Crippen LogP contribution in [0.3, 0.4) is 0 Å². The number of benzene rings is 2. The van der Waals surface area contributed by atoms with E-state index in [1.54, 1.807) is 18.2 Å². The van der Waals surface area contributed by atoms with Crippen LogP contribution in [0.1, 0.15) is 17.2 Å². The van der Waals surface area contributed by atoms with Crippen molar-refractivity contribution in [1.82, 2.24) is 9.29 Å². The number of halogens is 3. The molecular formula is C23H19F3N2O5S2. The Kier molecular flexibility index (Phi) is 6.80. The monoisotopic (exact) mass is 524 g/mol. The minimum atomic E-state index is -4.61. The molecule has 3 aromatic rings. The van der Waals surface area contributed by atoms with Gasteiger partial charge in [0.05, 0.1) is 22.6 Å². The second-order valence-electron chi connectivity index (χ2n) is 7.62. The van der Waals surface area contributed by atoms with E-state index in [2.05, 4.69) is 4.72 Å². The molecule has 7 nitrogen and oxygen atoms in total. The number of esters is 1. The van der Waals surface area contributed by atoms with Crippen molar-refractivity contribution in [1.29, 1.82) is 0 Å². The number of carbonyl (C=O) groups is 1. The van der Waals surface area contributed by atoms with Crippen molar-refractivity contribution in [3.05, 3.63) is 82.1 Å².